The Kier molecular flexibility index (Phi) is 5.09. The first-order valence-electron chi connectivity index (χ1n) is 3.29. The summed E-state index contributed by atoms with van der Waals surface area (Å²) in [5.74, 6) is 0.331. The SMILES string of the molecule is C=C/C=C\C(=C/C=C)OC(N)=O. The number of hydrogen-bond acceptors (Lipinski definition) is 2. The van der Waals surface area contributed by atoms with Crippen molar-refractivity contribution >= 4 is 6.09 Å². The average Bonchev–Trinajstić information content (AvgIpc) is 2.00. The van der Waals surface area contributed by atoms with Crippen LogP contribution in [0.1, 0.15) is 0 Å². The first kappa shape index (κ1) is 10.2. The molecule has 3 heteroatoms. The van der Waals surface area contributed by atoms with E-state index in [1.165, 1.54) is 12.2 Å². The van der Waals surface area contributed by atoms with Gasteiger partial charge in [0.2, 0.25) is 0 Å². The summed E-state index contributed by atoms with van der Waals surface area (Å²) in [5, 5.41) is 0. The van der Waals surface area contributed by atoms with E-state index in [1.807, 2.05) is 0 Å². The third kappa shape index (κ3) is 5.05. The summed E-state index contributed by atoms with van der Waals surface area (Å²) in [6.07, 6.45) is 6.90. The number of nitrogens with two attached hydrogens (primary N) is 1. The topological polar surface area (TPSA) is 52.3 Å². The molecule has 0 aromatic rings. The standard InChI is InChI=1S/C9H11NO2/c1-3-5-7-8(6-4-2)12-9(10)11/h3-7H,1-2H2,(H2,10,11)/b7-5-,8-6+. The second-order valence-corrected chi connectivity index (χ2v) is 1.82. The summed E-state index contributed by atoms with van der Waals surface area (Å²) in [6.45, 7) is 6.91. The molecule has 0 spiro atoms. The van der Waals surface area contributed by atoms with E-state index in [0.29, 0.717) is 5.76 Å². The predicted molar refractivity (Wildman–Crippen MR) is 48.3 cm³/mol. The normalized spacial score (nSPS) is 11.2. The maximum Gasteiger partial charge on any atom is 0.409 e. The van der Waals surface area contributed by atoms with E-state index in [9.17, 15) is 4.79 Å². The highest BCUT2D eigenvalue weighted by Gasteiger charge is 1.95. The second kappa shape index (κ2) is 5.97. The van der Waals surface area contributed by atoms with Gasteiger partial charge in [0.25, 0.3) is 0 Å². The Morgan fingerprint density at radius 1 is 1.33 bits per heavy atom. The van der Waals surface area contributed by atoms with Crippen molar-refractivity contribution in [1.29, 1.82) is 0 Å². The number of rotatable bonds is 4. The van der Waals surface area contributed by atoms with Gasteiger partial charge in [0, 0.05) is 0 Å². The van der Waals surface area contributed by atoms with Gasteiger partial charge in [0.15, 0.2) is 0 Å². The van der Waals surface area contributed by atoms with Gasteiger partial charge in [-0.1, -0.05) is 31.4 Å². The maximum atomic E-state index is 10.3. The van der Waals surface area contributed by atoms with E-state index in [0.717, 1.165) is 0 Å². The number of hydrogen-bond donors (Lipinski definition) is 1. The Morgan fingerprint density at radius 2 is 2.00 bits per heavy atom. The van der Waals surface area contributed by atoms with E-state index in [2.05, 4.69) is 17.9 Å². The Morgan fingerprint density at radius 3 is 2.42 bits per heavy atom. The van der Waals surface area contributed by atoms with Gasteiger partial charge in [0.05, 0.1) is 0 Å². The van der Waals surface area contributed by atoms with Gasteiger partial charge in [-0.05, 0) is 12.2 Å². The van der Waals surface area contributed by atoms with Crippen LogP contribution in [0.3, 0.4) is 0 Å². The third-order valence-electron chi connectivity index (χ3n) is 0.897. The third-order valence-corrected chi connectivity index (χ3v) is 0.897. The zero-order chi connectivity index (χ0) is 9.40. The minimum Gasteiger partial charge on any atom is -0.411 e. The first-order chi connectivity index (χ1) is 5.70. The second-order valence-electron chi connectivity index (χ2n) is 1.82. The van der Waals surface area contributed by atoms with Crippen LogP contribution in [0.4, 0.5) is 4.79 Å². The van der Waals surface area contributed by atoms with E-state index >= 15 is 0 Å². The minimum atomic E-state index is -0.850. The summed E-state index contributed by atoms with van der Waals surface area (Å²) in [7, 11) is 0. The molecule has 0 aliphatic rings. The lowest BCUT2D eigenvalue weighted by molar-refractivity contribution is 0.190. The number of allylic oxidation sites excluding steroid dienone is 5. The van der Waals surface area contributed by atoms with Crippen molar-refractivity contribution in [2.75, 3.05) is 0 Å². The van der Waals surface area contributed by atoms with Crippen LogP contribution in [-0.2, 0) is 4.74 Å². The Hall–Kier alpha value is -1.77. The van der Waals surface area contributed by atoms with Gasteiger partial charge in [0.1, 0.15) is 5.76 Å². The fourth-order valence-electron chi connectivity index (χ4n) is 0.519. The van der Waals surface area contributed by atoms with Crippen molar-refractivity contribution in [3.8, 4) is 0 Å². The highest BCUT2D eigenvalue weighted by molar-refractivity contribution is 5.66. The molecule has 0 heterocycles. The largest absolute Gasteiger partial charge is 0.411 e. The molecule has 3 nitrogen and oxygen atoms in total. The molecule has 12 heavy (non-hydrogen) atoms. The highest BCUT2D eigenvalue weighted by atomic mass is 16.5. The number of carbonyl (C=O) groups is 1. The van der Waals surface area contributed by atoms with Crippen molar-refractivity contribution in [2.45, 2.75) is 0 Å². The van der Waals surface area contributed by atoms with Gasteiger partial charge >= 0.3 is 6.09 Å². The van der Waals surface area contributed by atoms with E-state index < -0.39 is 6.09 Å². The van der Waals surface area contributed by atoms with E-state index in [1.54, 1.807) is 18.2 Å². The molecule has 0 bridgehead atoms. The van der Waals surface area contributed by atoms with Crippen molar-refractivity contribution in [3.05, 3.63) is 49.3 Å². The molecule has 0 aliphatic carbocycles. The van der Waals surface area contributed by atoms with Crippen molar-refractivity contribution < 1.29 is 9.53 Å². The fraction of sp³-hybridized carbons (Fsp3) is 0. The predicted octanol–water partition coefficient (Wildman–Crippen LogP) is 1.89. The summed E-state index contributed by atoms with van der Waals surface area (Å²) >= 11 is 0. The molecule has 0 radical (unpaired) electrons. The Balaban J connectivity index is 4.33. The summed E-state index contributed by atoms with van der Waals surface area (Å²) in [6, 6.07) is 0. The molecule has 2 N–H and O–H groups in total. The lowest BCUT2D eigenvalue weighted by atomic mass is 10.4. The van der Waals surface area contributed by atoms with E-state index in [-0.39, 0.29) is 0 Å². The van der Waals surface area contributed by atoms with Crippen LogP contribution in [0.15, 0.2) is 49.3 Å². The molecule has 0 unspecified atom stereocenters. The van der Waals surface area contributed by atoms with Crippen molar-refractivity contribution in [3.63, 3.8) is 0 Å². The smallest absolute Gasteiger partial charge is 0.409 e. The number of amides is 1. The maximum absolute atomic E-state index is 10.3. The number of ether oxygens (including phenoxy) is 1. The summed E-state index contributed by atoms with van der Waals surface area (Å²) in [5.41, 5.74) is 4.80. The van der Waals surface area contributed by atoms with Crippen LogP contribution >= 0.6 is 0 Å². The van der Waals surface area contributed by atoms with Crippen molar-refractivity contribution in [2.24, 2.45) is 5.73 Å². The fourth-order valence-corrected chi connectivity index (χ4v) is 0.519. The van der Waals surface area contributed by atoms with Crippen LogP contribution in [-0.4, -0.2) is 6.09 Å². The molecular formula is C9H11NO2. The molecule has 0 fully saturated rings. The molecule has 0 aromatic carbocycles. The Labute approximate surface area is 71.5 Å². The van der Waals surface area contributed by atoms with E-state index in [4.69, 9.17) is 5.73 Å². The molecule has 0 aromatic heterocycles. The van der Waals surface area contributed by atoms with Crippen LogP contribution in [0.25, 0.3) is 0 Å². The van der Waals surface area contributed by atoms with Gasteiger partial charge in [-0.15, -0.1) is 0 Å². The van der Waals surface area contributed by atoms with Crippen LogP contribution in [0.5, 0.6) is 0 Å². The molecule has 0 rings (SSSR count). The first-order valence-corrected chi connectivity index (χ1v) is 3.29. The molecule has 0 atom stereocenters. The minimum absolute atomic E-state index is 0.331. The zero-order valence-electron chi connectivity index (χ0n) is 6.69. The number of primary amides is 1. The van der Waals surface area contributed by atoms with Gasteiger partial charge in [-0.25, -0.2) is 4.79 Å². The summed E-state index contributed by atoms with van der Waals surface area (Å²) < 4.78 is 4.59. The highest BCUT2D eigenvalue weighted by Crippen LogP contribution is 1.99. The van der Waals surface area contributed by atoms with Crippen LogP contribution in [0.2, 0.25) is 0 Å². The molecule has 0 aliphatic heterocycles. The zero-order valence-corrected chi connectivity index (χ0v) is 6.69. The molecule has 0 saturated carbocycles. The van der Waals surface area contributed by atoms with Gasteiger partial charge in [-0.2, -0.15) is 0 Å². The average molecular weight is 165 g/mol. The van der Waals surface area contributed by atoms with Crippen LogP contribution < -0.4 is 5.73 Å². The van der Waals surface area contributed by atoms with Gasteiger partial charge < -0.3 is 10.5 Å². The Bertz CT molecular complexity index is 239. The number of carbonyl (C=O) groups excluding carboxylic acids is 1. The van der Waals surface area contributed by atoms with Crippen LogP contribution in [0, 0.1) is 0 Å². The molecule has 64 valence electrons. The summed E-state index contributed by atoms with van der Waals surface area (Å²) in [4.78, 5) is 10.3. The lowest BCUT2D eigenvalue weighted by Crippen LogP contribution is -2.11. The molecule has 1 amide bonds. The monoisotopic (exact) mass is 165 g/mol. The molecule has 0 saturated heterocycles. The lowest BCUT2D eigenvalue weighted by Gasteiger charge is -1.98. The van der Waals surface area contributed by atoms with Gasteiger partial charge in [-0.3, -0.25) is 0 Å². The van der Waals surface area contributed by atoms with Crippen molar-refractivity contribution in [1.82, 2.24) is 0 Å². The molecular weight excluding hydrogens is 154 g/mol. The quantitative estimate of drug-likeness (QED) is 0.511.